The number of carbonyl (C=O) groups excluding carboxylic acids is 1. The van der Waals surface area contributed by atoms with E-state index in [0.29, 0.717) is 16.8 Å². The lowest BCUT2D eigenvalue weighted by molar-refractivity contribution is 0.0503. The van der Waals surface area contributed by atoms with Gasteiger partial charge in [0.25, 0.3) is 0 Å². The van der Waals surface area contributed by atoms with Crippen LogP contribution in [0.5, 0.6) is 0 Å². The minimum atomic E-state index is -0.350. The van der Waals surface area contributed by atoms with Gasteiger partial charge in [-0.05, 0) is 28.4 Å². The number of carbonyl (C=O) groups is 1. The number of hydrogen-bond acceptors (Lipinski definition) is 3. The third-order valence-corrected chi connectivity index (χ3v) is 1.89. The average Bonchev–Trinajstić information content (AvgIpc) is 2.47. The van der Waals surface area contributed by atoms with E-state index in [1.54, 1.807) is 6.07 Å². The maximum Gasteiger partial charge on any atom is 0.342 e. The van der Waals surface area contributed by atoms with Gasteiger partial charge in [0, 0.05) is 0 Å². The quantitative estimate of drug-likeness (QED) is 0.753. The van der Waals surface area contributed by atoms with Crippen molar-refractivity contribution in [2.45, 2.75) is 13.3 Å². The summed E-state index contributed by atoms with van der Waals surface area (Å²) in [6, 6.07) is 1.57. The number of furan rings is 1. The fourth-order valence-corrected chi connectivity index (χ4v) is 1.11. The lowest BCUT2D eigenvalue weighted by Gasteiger charge is -1.99. The second-order valence-electron chi connectivity index (χ2n) is 2.24. The van der Waals surface area contributed by atoms with Gasteiger partial charge in [0.05, 0.1) is 12.9 Å². The van der Waals surface area contributed by atoms with Crippen molar-refractivity contribution < 1.29 is 13.9 Å². The maximum atomic E-state index is 11.2. The van der Waals surface area contributed by atoms with E-state index in [1.165, 1.54) is 6.26 Å². The maximum absolute atomic E-state index is 11.2. The number of esters is 1. The van der Waals surface area contributed by atoms with Crippen molar-refractivity contribution in [3.05, 3.63) is 22.6 Å². The highest BCUT2D eigenvalue weighted by Crippen LogP contribution is 2.18. The lowest BCUT2D eigenvalue weighted by Crippen LogP contribution is -2.04. The standard InChI is InChI=1S/C8H9BrO3/c1-2-4-12-8(10)6-3-5-11-7(6)9/h3,5H,2,4H2,1H3. The third kappa shape index (κ3) is 2.11. The van der Waals surface area contributed by atoms with Gasteiger partial charge >= 0.3 is 5.97 Å². The Bertz CT molecular complexity index is 267. The topological polar surface area (TPSA) is 39.4 Å². The van der Waals surface area contributed by atoms with Crippen molar-refractivity contribution in [2.24, 2.45) is 0 Å². The molecule has 1 aromatic rings. The number of halogens is 1. The van der Waals surface area contributed by atoms with Crippen LogP contribution in [0.1, 0.15) is 23.7 Å². The summed E-state index contributed by atoms with van der Waals surface area (Å²) < 4.78 is 10.2. The highest BCUT2D eigenvalue weighted by molar-refractivity contribution is 9.10. The predicted octanol–water partition coefficient (Wildman–Crippen LogP) is 2.61. The van der Waals surface area contributed by atoms with Crippen LogP contribution < -0.4 is 0 Å². The summed E-state index contributed by atoms with van der Waals surface area (Å²) in [7, 11) is 0. The first-order valence-corrected chi connectivity index (χ1v) is 4.45. The summed E-state index contributed by atoms with van der Waals surface area (Å²) >= 11 is 3.09. The summed E-state index contributed by atoms with van der Waals surface area (Å²) in [6.45, 7) is 2.38. The van der Waals surface area contributed by atoms with Gasteiger partial charge < -0.3 is 9.15 Å². The molecule has 1 heterocycles. The van der Waals surface area contributed by atoms with Crippen LogP contribution in [0.25, 0.3) is 0 Å². The molecular weight excluding hydrogens is 224 g/mol. The number of hydrogen-bond donors (Lipinski definition) is 0. The van der Waals surface area contributed by atoms with Crippen molar-refractivity contribution in [3.8, 4) is 0 Å². The molecule has 0 aliphatic carbocycles. The van der Waals surface area contributed by atoms with Gasteiger partial charge in [0.1, 0.15) is 5.56 Å². The zero-order valence-corrected chi connectivity index (χ0v) is 8.26. The van der Waals surface area contributed by atoms with Crippen molar-refractivity contribution in [1.82, 2.24) is 0 Å². The lowest BCUT2D eigenvalue weighted by atomic mass is 10.3. The molecule has 0 atom stereocenters. The second kappa shape index (κ2) is 4.30. The van der Waals surface area contributed by atoms with Crippen molar-refractivity contribution in [1.29, 1.82) is 0 Å². The Balaban J connectivity index is 2.59. The van der Waals surface area contributed by atoms with Crippen LogP contribution >= 0.6 is 15.9 Å². The van der Waals surface area contributed by atoms with E-state index in [1.807, 2.05) is 6.92 Å². The van der Waals surface area contributed by atoms with Crippen molar-refractivity contribution in [2.75, 3.05) is 6.61 Å². The minimum Gasteiger partial charge on any atom is -0.462 e. The molecule has 0 fully saturated rings. The van der Waals surface area contributed by atoms with E-state index in [-0.39, 0.29) is 5.97 Å². The monoisotopic (exact) mass is 232 g/mol. The molecule has 4 heteroatoms. The molecule has 0 amide bonds. The summed E-state index contributed by atoms with van der Waals surface area (Å²) in [5.74, 6) is -0.350. The molecule has 0 saturated carbocycles. The first-order valence-electron chi connectivity index (χ1n) is 3.65. The van der Waals surface area contributed by atoms with E-state index in [2.05, 4.69) is 15.9 Å². The largest absolute Gasteiger partial charge is 0.462 e. The molecule has 0 aromatic carbocycles. The van der Waals surface area contributed by atoms with Crippen LogP contribution in [-0.4, -0.2) is 12.6 Å². The molecule has 0 unspecified atom stereocenters. The molecule has 0 saturated heterocycles. The molecule has 1 rings (SSSR count). The number of rotatable bonds is 3. The van der Waals surface area contributed by atoms with Gasteiger partial charge in [-0.3, -0.25) is 0 Å². The minimum absolute atomic E-state index is 0.350. The summed E-state index contributed by atoms with van der Waals surface area (Å²) in [5, 5.41) is 0. The number of ether oxygens (including phenoxy) is 1. The van der Waals surface area contributed by atoms with Gasteiger partial charge in [-0.1, -0.05) is 6.92 Å². The molecule has 1 aromatic heterocycles. The van der Waals surface area contributed by atoms with Gasteiger partial charge in [-0.2, -0.15) is 0 Å². The molecule has 66 valence electrons. The Morgan fingerprint density at radius 2 is 2.50 bits per heavy atom. The molecular formula is C8H9BrO3. The summed E-state index contributed by atoms with van der Waals surface area (Å²) in [6.07, 6.45) is 2.26. The summed E-state index contributed by atoms with van der Waals surface area (Å²) in [4.78, 5) is 11.2. The first-order chi connectivity index (χ1) is 5.75. The zero-order chi connectivity index (χ0) is 8.97. The van der Waals surface area contributed by atoms with Gasteiger partial charge in [0.2, 0.25) is 0 Å². The van der Waals surface area contributed by atoms with Crippen LogP contribution in [0.3, 0.4) is 0 Å². The average molecular weight is 233 g/mol. The van der Waals surface area contributed by atoms with E-state index >= 15 is 0 Å². The molecule has 0 aliphatic heterocycles. The van der Waals surface area contributed by atoms with E-state index in [4.69, 9.17) is 9.15 Å². The van der Waals surface area contributed by atoms with Gasteiger partial charge in [-0.15, -0.1) is 0 Å². The first kappa shape index (κ1) is 9.32. The van der Waals surface area contributed by atoms with Crippen LogP contribution in [0, 0.1) is 0 Å². The second-order valence-corrected chi connectivity index (χ2v) is 2.96. The van der Waals surface area contributed by atoms with Gasteiger partial charge in [-0.25, -0.2) is 4.79 Å². The van der Waals surface area contributed by atoms with Crippen molar-refractivity contribution >= 4 is 21.9 Å². The van der Waals surface area contributed by atoms with E-state index < -0.39 is 0 Å². The molecule has 0 radical (unpaired) electrons. The normalized spacial score (nSPS) is 9.83. The molecule has 12 heavy (non-hydrogen) atoms. The van der Waals surface area contributed by atoms with Gasteiger partial charge in [0.15, 0.2) is 4.67 Å². The highest BCUT2D eigenvalue weighted by atomic mass is 79.9. The molecule has 3 nitrogen and oxygen atoms in total. The van der Waals surface area contributed by atoms with Crippen LogP contribution in [0.4, 0.5) is 0 Å². The molecule has 0 N–H and O–H groups in total. The van der Waals surface area contributed by atoms with Crippen LogP contribution in [0.15, 0.2) is 21.4 Å². The SMILES string of the molecule is CCCOC(=O)c1ccoc1Br. The smallest absolute Gasteiger partial charge is 0.342 e. The Labute approximate surface area is 78.8 Å². The van der Waals surface area contributed by atoms with Crippen LogP contribution in [-0.2, 0) is 4.74 Å². The molecule has 0 bridgehead atoms. The van der Waals surface area contributed by atoms with E-state index in [9.17, 15) is 4.79 Å². The fourth-order valence-electron chi connectivity index (χ4n) is 0.712. The third-order valence-electron chi connectivity index (χ3n) is 1.28. The Kier molecular flexibility index (Phi) is 3.34. The molecule has 0 aliphatic rings. The summed E-state index contributed by atoms with van der Waals surface area (Å²) in [5.41, 5.74) is 0.434. The van der Waals surface area contributed by atoms with E-state index in [0.717, 1.165) is 6.42 Å². The highest BCUT2D eigenvalue weighted by Gasteiger charge is 2.12. The zero-order valence-electron chi connectivity index (χ0n) is 6.67. The fraction of sp³-hybridized carbons (Fsp3) is 0.375. The molecule has 0 spiro atoms. The van der Waals surface area contributed by atoms with Crippen molar-refractivity contribution in [3.63, 3.8) is 0 Å². The Morgan fingerprint density at radius 1 is 1.75 bits per heavy atom. The van der Waals surface area contributed by atoms with Crippen LogP contribution in [0.2, 0.25) is 0 Å². The predicted molar refractivity (Wildman–Crippen MR) is 47.0 cm³/mol. The Morgan fingerprint density at radius 3 is 3.00 bits per heavy atom. The Hall–Kier alpha value is -0.770.